The quantitative estimate of drug-likeness (QED) is 0.475. The van der Waals surface area contributed by atoms with Crippen molar-refractivity contribution in [1.29, 1.82) is 0 Å². The maximum atomic E-state index is 12.8. The number of hydrogen-bond acceptors (Lipinski definition) is 4. The fourth-order valence-electron chi connectivity index (χ4n) is 3.28. The Balaban J connectivity index is 1.56. The van der Waals surface area contributed by atoms with Gasteiger partial charge in [0.1, 0.15) is 5.69 Å². The van der Waals surface area contributed by atoms with Crippen LogP contribution in [0.3, 0.4) is 0 Å². The maximum Gasteiger partial charge on any atom is 0.226 e. The minimum Gasteiger partial charge on any atom is -0.356 e. The molecule has 4 nitrogen and oxygen atoms in total. The van der Waals surface area contributed by atoms with Gasteiger partial charge in [-0.3, -0.25) is 4.79 Å². The van der Waals surface area contributed by atoms with Crippen LogP contribution in [0, 0.1) is 0 Å². The second-order valence-corrected chi connectivity index (χ2v) is 8.12. The summed E-state index contributed by atoms with van der Waals surface area (Å²) >= 11 is 1.64. The second-order valence-electron chi connectivity index (χ2n) is 7.14. The number of carbonyl (C=O) groups is 1. The molecule has 28 heavy (non-hydrogen) atoms. The van der Waals surface area contributed by atoms with E-state index < -0.39 is 0 Å². The van der Waals surface area contributed by atoms with Gasteiger partial charge in [0.25, 0.3) is 0 Å². The fraction of sp³-hybridized carbons (Fsp3) is 0.217. The van der Waals surface area contributed by atoms with Gasteiger partial charge in [-0.15, -0.1) is 11.3 Å². The molecule has 142 valence electrons. The molecule has 0 aliphatic carbocycles. The summed E-state index contributed by atoms with van der Waals surface area (Å²) in [5.41, 5.74) is 3.72. The number of thiophene rings is 1. The van der Waals surface area contributed by atoms with E-state index in [1.165, 1.54) is 5.56 Å². The van der Waals surface area contributed by atoms with Crippen LogP contribution in [-0.2, 0) is 11.2 Å². The van der Waals surface area contributed by atoms with Gasteiger partial charge in [-0.05, 0) is 40.6 Å². The fourth-order valence-corrected chi connectivity index (χ4v) is 4.08. The zero-order valence-corrected chi connectivity index (χ0v) is 16.7. The van der Waals surface area contributed by atoms with Crippen molar-refractivity contribution in [3.05, 3.63) is 87.7 Å². The third-order valence-corrected chi connectivity index (χ3v) is 5.79. The highest BCUT2D eigenvalue weighted by Gasteiger charge is 2.20. The lowest BCUT2D eigenvalue weighted by molar-refractivity contribution is -0.121. The van der Waals surface area contributed by atoms with Crippen LogP contribution in [0.1, 0.15) is 47.5 Å². The van der Waals surface area contributed by atoms with Gasteiger partial charge in [-0.1, -0.05) is 61.5 Å². The molecular weight excluding hydrogens is 368 g/mol. The molecule has 0 saturated heterocycles. The Morgan fingerprint density at radius 3 is 2.50 bits per heavy atom. The number of rotatable bonds is 6. The second kappa shape index (κ2) is 7.98. The summed E-state index contributed by atoms with van der Waals surface area (Å²) < 4.78 is 5.32. The van der Waals surface area contributed by atoms with Gasteiger partial charge < -0.3 is 9.84 Å². The lowest BCUT2D eigenvalue weighted by Crippen LogP contribution is -2.30. The average Bonchev–Trinajstić information content (AvgIpc) is 3.37. The van der Waals surface area contributed by atoms with Crippen molar-refractivity contribution in [2.75, 3.05) is 0 Å². The zero-order chi connectivity index (χ0) is 19.5. The zero-order valence-electron chi connectivity index (χ0n) is 15.9. The molecule has 4 rings (SSSR count). The van der Waals surface area contributed by atoms with Gasteiger partial charge >= 0.3 is 0 Å². The summed E-state index contributed by atoms with van der Waals surface area (Å²) in [6.45, 7) is 4.35. The molecule has 0 aliphatic heterocycles. The Bertz CT molecular complexity index is 1070. The van der Waals surface area contributed by atoms with Crippen molar-refractivity contribution >= 4 is 28.2 Å². The number of fused-ring (bicyclic) bond motifs is 1. The van der Waals surface area contributed by atoms with Gasteiger partial charge in [0.2, 0.25) is 5.91 Å². The number of para-hydroxylation sites is 1. The van der Waals surface area contributed by atoms with Gasteiger partial charge in [0.15, 0.2) is 5.58 Å². The molecule has 0 bridgehead atoms. The first-order chi connectivity index (χ1) is 13.6. The number of carbonyl (C=O) groups excluding carboxylic acids is 1. The van der Waals surface area contributed by atoms with Crippen LogP contribution in [0.2, 0.25) is 0 Å². The van der Waals surface area contributed by atoms with Crippen LogP contribution in [0.5, 0.6) is 0 Å². The van der Waals surface area contributed by atoms with Crippen molar-refractivity contribution in [1.82, 2.24) is 10.5 Å². The summed E-state index contributed by atoms with van der Waals surface area (Å²) in [7, 11) is 0. The van der Waals surface area contributed by atoms with Crippen molar-refractivity contribution in [3.8, 4) is 0 Å². The van der Waals surface area contributed by atoms with E-state index in [0.717, 1.165) is 15.8 Å². The van der Waals surface area contributed by atoms with Crippen molar-refractivity contribution < 1.29 is 9.32 Å². The molecule has 5 heteroatoms. The van der Waals surface area contributed by atoms with Crippen LogP contribution < -0.4 is 5.32 Å². The van der Waals surface area contributed by atoms with E-state index in [2.05, 4.69) is 54.7 Å². The molecule has 0 saturated carbocycles. The van der Waals surface area contributed by atoms with Crippen LogP contribution in [0.4, 0.5) is 0 Å². The lowest BCUT2D eigenvalue weighted by atomic mass is 9.98. The molecule has 1 amide bonds. The number of nitrogens with zero attached hydrogens (tertiary/aromatic N) is 1. The highest BCUT2D eigenvalue weighted by Crippen LogP contribution is 2.28. The SMILES string of the molecule is CC(C)c1ccc(C(NC(=O)Cc2noc3ccccc23)c2cccs2)cc1. The highest BCUT2D eigenvalue weighted by atomic mass is 32.1. The van der Waals surface area contributed by atoms with Crippen LogP contribution in [-0.4, -0.2) is 11.1 Å². The first-order valence-electron chi connectivity index (χ1n) is 9.37. The van der Waals surface area contributed by atoms with E-state index in [1.807, 2.05) is 35.7 Å². The molecule has 0 aliphatic rings. The number of amides is 1. The Morgan fingerprint density at radius 2 is 1.79 bits per heavy atom. The third-order valence-electron chi connectivity index (χ3n) is 4.85. The molecule has 1 atom stereocenters. The number of nitrogens with one attached hydrogen (secondary N) is 1. The van der Waals surface area contributed by atoms with Crippen LogP contribution in [0.15, 0.2) is 70.6 Å². The molecule has 2 aromatic heterocycles. The van der Waals surface area contributed by atoms with E-state index in [1.54, 1.807) is 11.3 Å². The minimum absolute atomic E-state index is 0.0783. The Morgan fingerprint density at radius 1 is 1.04 bits per heavy atom. The maximum absolute atomic E-state index is 12.8. The van der Waals surface area contributed by atoms with Gasteiger partial charge in [-0.2, -0.15) is 0 Å². The van der Waals surface area contributed by atoms with E-state index in [0.29, 0.717) is 17.2 Å². The van der Waals surface area contributed by atoms with Crippen molar-refractivity contribution in [3.63, 3.8) is 0 Å². The minimum atomic E-state index is -0.174. The topological polar surface area (TPSA) is 55.1 Å². The number of aromatic nitrogens is 1. The first kappa shape index (κ1) is 18.4. The molecule has 2 aromatic carbocycles. The summed E-state index contributed by atoms with van der Waals surface area (Å²) in [4.78, 5) is 13.9. The van der Waals surface area contributed by atoms with Crippen LogP contribution in [0.25, 0.3) is 11.0 Å². The number of benzene rings is 2. The molecule has 1 N–H and O–H groups in total. The molecule has 0 fully saturated rings. The molecule has 2 heterocycles. The summed E-state index contributed by atoms with van der Waals surface area (Å²) in [6, 6.07) is 20.0. The van der Waals surface area contributed by atoms with E-state index >= 15 is 0 Å². The third kappa shape index (κ3) is 3.85. The van der Waals surface area contributed by atoms with Gasteiger partial charge in [-0.25, -0.2) is 0 Å². The smallest absolute Gasteiger partial charge is 0.226 e. The summed E-state index contributed by atoms with van der Waals surface area (Å²) in [5, 5.41) is 10.2. The van der Waals surface area contributed by atoms with E-state index in [4.69, 9.17) is 4.52 Å². The molecule has 0 spiro atoms. The Kier molecular flexibility index (Phi) is 5.26. The largest absolute Gasteiger partial charge is 0.356 e. The van der Waals surface area contributed by atoms with E-state index in [-0.39, 0.29) is 18.4 Å². The first-order valence-corrected chi connectivity index (χ1v) is 10.3. The number of hydrogen-bond donors (Lipinski definition) is 1. The Labute approximate surface area is 168 Å². The van der Waals surface area contributed by atoms with Crippen molar-refractivity contribution in [2.24, 2.45) is 0 Å². The monoisotopic (exact) mass is 390 g/mol. The van der Waals surface area contributed by atoms with Gasteiger partial charge in [0, 0.05) is 10.3 Å². The average molecular weight is 391 g/mol. The Hall–Kier alpha value is -2.92. The predicted molar refractivity (Wildman–Crippen MR) is 113 cm³/mol. The summed E-state index contributed by atoms with van der Waals surface area (Å²) in [6.07, 6.45) is 0.183. The van der Waals surface area contributed by atoms with E-state index in [9.17, 15) is 4.79 Å². The van der Waals surface area contributed by atoms with Crippen LogP contribution >= 0.6 is 11.3 Å². The summed E-state index contributed by atoms with van der Waals surface area (Å²) in [5.74, 6) is 0.398. The molecule has 1 unspecified atom stereocenters. The highest BCUT2D eigenvalue weighted by molar-refractivity contribution is 7.10. The van der Waals surface area contributed by atoms with Crippen molar-refractivity contribution in [2.45, 2.75) is 32.2 Å². The van der Waals surface area contributed by atoms with Gasteiger partial charge in [0.05, 0.1) is 12.5 Å². The molecule has 0 radical (unpaired) electrons. The lowest BCUT2D eigenvalue weighted by Gasteiger charge is -2.19. The normalized spacial score (nSPS) is 12.4. The molecular formula is C23H22N2O2S. The predicted octanol–water partition coefficient (Wildman–Crippen LogP) is 5.46. The molecule has 4 aromatic rings. The standard InChI is InChI=1S/C23H22N2O2S/c1-15(2)16-9-11-17(12-10-16)23(21-8-5-13-28-21)24-22(26)14-19-18-6-3-4-7-20(18)27-25-19/h3-13,15,23H,14H2,1-2H3,(H,24,26).